The first kappa shape index (κ1) is 28.3. The van der Waals surface area contributed by atoms with Crippen LogP contribution >= 0.6 is 0 Å². The van der Waals surface area contributed by atoms with Gasteiger partial charge in [-0.05, 0) is 83.9 Å². The minimum Gasteiger partial charge on any atom is -0.354 e. The zero-order valence-electron chi connectivity index (χ0n) is 27.5. The van der Waals surface area contributed by atoms with Gasteiger partial charge in [0.25, 0.3) is 0 Å². The number of aryl methyl sites for hydroxylation is 1. The largest absolute Gasteiger partial charge is 0.354 e. The zero-order valence-corrected chi connectivity index (χ0v) is 27.5. The van der Waals surface area contributed by atoms with Crippen molar-refractivity contribution in [3.05, 3.63) is 176 Å². The number of hydrogen-bond acceptors (Lipinski definition) is 1. The Hall–Kier alpha value is -6.72. The van der Waals surface area contributed by atoms with Crippen molar-refractivity contribution in [1.82, 2.24) is 18.5 Å². The second-order valence-corrected chi connectivity index (χ2v) is 12.8. The SMILES string of the molecule is Cn1c2c(c3ccccc3n2-c2ccccc2)n1-c1ccc(-c2ccc3c(c2)c2ccccc2n3-c2ccccc2)cc1Nc1ccccc1. The molecule has 0 saturated carbocycles. The number of aromatic nitrogens is 4. The minimum absolute atomic E-state index is 1.04. The highest BCUT2D eigenvalue weighted by atomic mass is 15.5. The summed E-state index contributed by atoms with van der Waals surface area (Å²) >= 11 is 0. The van der Waals surface area contributed by atoms with Gasteiger partial charge in [-0.2, -0.15) is 0 Å². The minimum atomic E-state index is 1.04. The summed E-state index contributed by atoms with van der Waals surface area (Å²) in [4.78, 5) is 0. The van der Waals surface area contributed by atoms with Gasteiger partial charge in [-0.25, -0.2) is 4.68 Å². The predicted molar refractivity (Wildman–Crippen MR) is 209 cm³/mol. The number of anilines is 2. The molecule has 10 aromatic rings. The molecule has 0 unspecified atom stereocenters. The molecule has 0 aliphatic carbocycles. The van der Waals surface area contributed by atoms with Gasteiger partial charge in [-0.3, -0.25) is 9.25 Å². The van der Waals surface area contributed by atoms with E-state index in [1.807, 2.05) is 0 Å². The highest BCUT2D eigenvalue weighted by Gasteiger charge is 2.25. The molecule has 0 bridgehead atoms. The molecule has 0 amide bonds. The van der Waals surface area contributed by atoms with Crippen LogP contribution in [0.4, 0.5) is 11.4 Å². The van der Waals surface area contributed by atoms with Gasteiger partial charge in [0.05, 0.1) is 27.9 Å². The second-order valence-electron chi connectivity index (χ2n) is 12.8. The van der Waals surface area contributed by atoms with Crippen LogP contribution < -0.4 is 5.32 Å². The highest BCUT2D eigenvalue weighted by molar-refractivity contribution is 6.11. The van der Waals surface area contributed by atoms with Gasteiger partial charge in [0.15, 0.2) is 5.65 Å². The smallest absolute Gasteiger partial charge is 0.159 e. The van der Waals surface area contributed by atoms with Gasteiger partial charge < -0.3 is 9.88 Å². The Balaban J connectivity index is 1.17. The van der Waals surface area contributed by atoms with Crippen molar-refractivity contribution in [3.8, 4) is 28.2 Å². The Morgan fingerprint density at radius 3 is 1.70 bits per heavy atom. The van der Waals surface area contributed by atoms with Gasteiger partial charge >= 0.3 is 0 Å². The molecule has 0 aliphatic rings. The molecule has 0 saturated heterocycles. The molecule has 5 heteroatoms. The number of nitrogens with zero attached hydrogens (tertiary/aromatic N) is 4. The molecule has 0 fully saturated rings. The lowest BCUT2D eigenvalue weighted by atomic mass is 10.0. The number of fused-ring (bicyclic) bond motifs is 6. The summed E-state index contributed by atoms with van der Waals surface area (Å²) in [6.45, 7) is 0. The van der Waals surface area contributed by atoms with E-state index >= 15 is 0 Å². The summed E-state index contributed by atoms with van der Waals surface area (Å²) in [6, 6.07) is 62.8. The maximum absolute atomic E-state index is 3.78. The third kappa shape index (κ3) is 4.27. The highest BCUT2D eigenvalue weighted by Crippen LogP contribution is 2.40. The van der Waals surface area contributed by atoms with Crippen LogP contribution in [-0.4, -0.2) is 18.5 Å². The van der Waals surface area contributed by atoms with E-state index in [2.05, 4.69) is 207 Å². The van der Waals surface area contributed by atoms with E-state index in [1.54, 1.807) is 0 Å². The van der Waals surface area contributed by atoms with E-state index in [0.29, 0.717) is 0 Å². The van der Waals surface area contributed by atoms with E-state index in [0.717, 1.165) is 34.0 Å². The molecule has 0 aliphatic heterocycles. The van der Waals surface area contributed by atoms with E-state index in [1.165, 1.54) is 49.4 Å². The first-order valence-electron chi connectivity index (χ1n) is 17.0. The summed E-state index contributed by atoms with van der Waals surface area (Å²) in [7, 11) is 2.15. The second kappa shape index (κ2) is 11.2. The normalized spacial score (nSPS) is 11.7. The fourth-order valence-electron chi connectivity index (χ4n) is 7.72. The number of benzene rings is 7. The quantitative estimate of drug-likeness (QED) is 0.192. The lowest BCUT2D eigenvalue weighted by Gasteiger charge is -2.26. The van der Waals surface area contributed by atoms with Gasteiger partial charge in [0, 0.05) is 40.3 Å². The van der Waals surface area contributed by atoms with E-state index < -0.39 is 0 Å². The van der Waals surface area contributed by atoms with Crippen molar-refractivity contribution < 1.29 is 0 Å². The summed E-state index contributed by atoms with van der Waals surface area (Å²) in [6.07, 6.45) is 0. The molecule has 5 nitrogen and oxygen atoms in total. The molecule has 0 atom stereocenters. The molecule has 0 spiro atoms. The third-order valence-corrected chi connectivity index (χ3v) is 9.95. The van der Waals surface area contributed by atoms with Crippen LogP contribution in [0.1, 0.15) is 0 Å². The average molecular weight is 644 g/mol. The van der Waals surface area contributed by atoms with E-state index in [4.69, 9.17) is 0 Å². The van der Waals surface area contributed by atoms with Crippen LogP contribution in [0.15, 0.2) is 176 Å². The molecule has 7 aromatic carbocycles. The number of rotatable bonds is 6. The zero-order chi connectivity index (χ0) is 33.2. The Morgan fingerprint density at radius 1 is 0.440 bits per heavy atom. The molecule has 3 aromatic heterocycles. The van der Waals surface area contributed by atoms with Crippen LogP contribution in [0.5, 0.6) is 0 Å². The monoisotopic (exact) mass is 643 g/mol. The summed E-state index contributed by atoms with van der Waals surface area (Å²) in [5.41, 5.74) is 13.8. The topological polar surface area (TPSA) is 31.8 Å². The summed E-state index contributed by atoms with van der Waals surface area (Å²) in [5, 5.41) is 7.49. The molecular weight excluding hydrogens is 611 g/mol. The molecule has 3 heterocycles. The molecule has 238 valence electrons. The molecule has 10 rings (SSSR count). The maximum Gasteiger partial charge on any atom is 0.159 e. The van der Waals surface area contributed by atoms with Crippen LogP contribution in [0, 0.1) is 0 Å². The summed E-state index contributed by atoms with van der Waals surface area (Å²) in [5.74, 6) is 0. The van der Waals surface area contributed by atoms with Crippen LogP contribution in [0.25, 0.3) is 72.1 Å². The molecule has 0 radical (unpaired) electrons. The average Bonchev–Trinajstić information content (AvgIpc) is 3.67. The van der Waals surface area contributed by atoms with Crippen molar-refractivity contribution in [2.24, 2.45) is 7.05 Å². The Kier molecular flexibility index (Phi) is 6.33. The van der Waals surface area contributed by atoms with Crippen molar-refractivity contribution in [2.45, 2.75) is 0 Å². The van der Waals surface area contributed by atoms with Gasteiger partial charge in [0.1, 0.15) is 5.52 Å². The predicted octanol–water partition coefficient (Wildman–Crippen LogP) is 11.4. The van der Waals surface area contributed by atoms with Crippen molar-refractivity contribution >= 4 is 55.2 Å². The van der Waals surface area contributed by atoms with Crippen molar-refractivity contribution in [2.75, 3.05) is 5.32 Å². The maximum atomic E-state index is 3.78. The molecule has 50 heavy (non-hydrogen) atoms. The number of nitrogens with one attached hydrogen (secondary N) is 1. The fourth-order valence-corrected chi connectivity index (χ4v) is 7.72. The van der Waals surface area contributed by atoms with Crippen molar-refractivity contribution in [3.63, 3.8) is 0 Å². The Morgan fingerprint density at radius 2 is 0.980 bits per heavy atom. The van der Waals surface area contributed by atoms with Crippen LogP contribution in [0.2, 0.25) is 0 Å². The molecular formula is C45H33N5. The Labute approximate surface area is 289 Å². The molecule has 1 N–H and O–H groups in total. The van der Waals surface area contributed by atoms with Crippen LogP contribution in [0.3, 0.4) is 0 Å². The standard InChI is InChI=1S/C45H33N5/c1-47-45-44(37-22-12-14-24-41(37)49(45)35-19-9-4-10-20-35)50(47)43-28-26-32(30-39(43)46-33-15-5-2-6-16-33)31-25-27-42-38(29-31)36-21-11-13-23-40(36)48(42)34-17-7-3-8-18-34/h2-30,46H,1H3. The van der Waals surface area contributed by atoms with Crippen LogP contribution in [-0.2, 0) is 7.05 Å². The van der Waals surface area contributed by atoms with E-state index in [9.17, 15) is 0 Å². The Bertz CT molecular complexity index is 2830. The fraction of sp³-hybridized carbons (Fsp3) is 0.0222. The van der Waals surface area contributed by atoms with Gasteiger partial charge in [-0.1, -0.05) is 103 Å². The summed E-state index contributed by atoms with van der Waals surface area (Å²) < 4.78 is 9.32. The van der Waals surface area contributed by atoms with E-state index in [-0.39, 0.29) is 0 Å². The first-order chi connectivity index (χ1) is 24.7. The lowest BCUT2D eigenvalue weighted by Crippen LogP contribution is -2.21. The van der Waals surface area contributed by atoms with Crippen molar-refractivity contribution in [1.29, 1.82) is 0 Å². The van der Waals surface area contributed by atoms with Gasteiger partial charge in [-0.15, -0.1) is 0 Å². The first-order valence-corrected chi connectivity index (χ1v) is 17.0. The van der Waals surface area contributed by atoms with Gasteiger partial charge in [0.2, 0.25) is 0 Å². The number of hydrogen-bond donors (Lipinski definition) is 1. The third-order valence-electron chi connectivity index (χ3n) is 9.95. The lowest BCUT2D eigenvalue weighted by molar-refractivity contribution is 0.644. The number of para-hydroxylation sites is 5.